The summed E-state index contributed by atoms with van der Waals surface area (Å²) in [5.41, 5.74) is 6.42. The number of hydrogen-bond donors (Lipinski definition) is 4. The van der Waals surface area contributed by atoms with Crippen molar-refractivity contribution in [3.05, 3.63) is 72.1 Å². The second-order valence-corrected chi connectivity index (χ2v) is 14.6. The summed E-state index contributed by atoms with van der Waals surface area (Å²) in [5, 5.41) is 12.3. The predicted octanol–water partition coefficient (Wildman–Crippen LogP) is 5.54. The molecule has 6 atom stereocenters. The molecule has 0 bridgehead atoms. The van der Waals surface area contributed by atoms with Gasteiger partial charge in [-0.3, -0.25) is 14.5 Å². The van der Waals surface area contributed by atoms with Crippen LogP contribution in [-0.2, 0) is 23.8 Å². The van der Waals surface area contributed by atoms with Crippen LogP contribution in [0, 0.1) is 6.92 Å². The van der Waals surface area contributed by atoms with E-state index in [-0.39, 0.29) is 23.9 Å². The lowest BCUT2D eigenvalue weighted by atomic mass is 10.0. The third-order valence-electron chi connectivity index (χ3n) is 11.2. The molecule has 304 valence electrons. The Bertz CT molecular complexity index is 2050. The van der Waals surface area contributed by atoms with E-state index in [1.165, 1.54) is 28.4 Å². The molecule has 16 heteroatoms. The van der Waals surface area contributed by atoms with Crippen molar-refractivity contribution in [1.82, 2.24) is 40.0 Å². The number of hydrogen-bond acceptors (Lipinski definition) is 9. The van der Waals surface area contributed by atoms with E-state index < -0.39 is 36.5 Å². The number of methoxy groups -OCH3 is 3. The fraction of sp³-hybridized carbons (Fsp3) is 0.463. The van der Waals surface area contributed by atoms with Crippen molar-refractivity contribution >= 4 is 24.0 Å². The third kappa shape index (κ3) is 8.51. The fourth-order valence-corrected chi connectivity index (χ4v) is 7.85. The summed E-state index contributed by atoms with van der Waals surface area (Å²) in [6.07, 6.45) is 1.70. The van der Waals surface area contributed by atoms with Crippen LogP contribution >= 0.6 is 0 Å². The first-order valence-corrected chi connectivity index (χ1v) is 19.2. The number of nitrogens with one attached hydrogen (secondary N) is 3. The third-order valence-corrected chi connectivity index (χ3v) is 11.2. The van der Waals surface area contributed by atoms with E-state index in [0.29, 0.717) is 31.2 Å². The number of aromatic nitrogens is 4. The smallest absolute Gasteiger partial charge is 0.407 e. The number of nitrogens with zero attached hydrogens (tertiary/aromatic N) is 5. The summed E-state index contributed by atoms with van der Waals surface area (Å²) >= 11 is 0. The van der Waals surface area contributed by atoms with Crippen LogP contribution in [0.3, 0.4) is 0 Å². The number of carbonyl (C=O) groups excluding carboxylic acids is 3. The Morgan fingerprint density at radius 1 is 0.807 bits per heavy atom. The molecule has 4 heterocycles. The van der Waals surface area contributed by atoms with Gasteiger partial charge in [0, 0.05) is 45.6 Å². The van der Waals surface area contributed by atoms with Crippen molar-refractivity contribution in [2.45, 2.75) is 82.8 Å². The monoisotopic (exact) mass is 784 g/mol. The van der Waals surface area contributed by atoms with Crippen molar-refractivity contribution in [1.29, 1.82) is 0 Å². The minimum atomic E-state index is -1.20. The number of alkyl carbamates (subject to hydrolysis) is 1. The van der Waals surface area contributed by atoms with Crippen molar-refractivity contribution in [2.24, 2.45) is 0 Å². The molecule has 0 aliphatic carbocycles. The molecule has 6 rings (SSSR count). The number of carboxylic acid groups (broad SMARTS) is 1. The zero-order chi connectivity index (χ0) is 41.0. The minimum absolute atomic E-state index is 0.252. The van der Waals surface area contributed by atoms with Crippen LogP contribution in [0.25, 0.3) is 33.6 Å². The highest BCUT2D eigenvalue weighted by Gasteiger charge is 2.41. The molecule has 2 aromatic carbocycles. The van der Waals surface area contributed by atoms with Gasteiger partial charge in [-0.25, -0.2) is 19.6 Å². The number of carbonyl (C=O) groups is 4. The van der Waals surface area contributed by atoms with Crippen molar-refractivity contribution in [2.75, 3.05) is 41.5 Å². The van der Waals surface area contributed by atoms with E-state index in [1.54, 1.807) is 29.8 Å². The number of H-pyrrole nitrogens is 2. The molecule has 4 amide bonds. The highest BCUT2D eigenvalue weighted by atomic mass is 16.5. The van der Waals surface area contributed by atoms with Gasteiger partial charge in [-0.15, -0.1) is 0 Å². The number of amides is 4. The molecule has 16 nitrogen and oxygen atoms in total. The number of aryl methyl sites for hydroxylation is 1. The zero-order valence-corrected chi connectivity index (χ0v) is 33.4. The maximum atomic E-state index is 13.7. The maximum Gasteiger partial charge on any atom is 0.407 e. The number of ether oxygens (including phenoxy) is 3. The van der Waals surface area contributed by atoms with Gasteiger partial charge in [0.25, 0.3) is 0 Å². The second kappa shape index (κ2) is 17.6. The number of benzene rings is 2. The van der Waals surface area contributed by atoms with Crippen LogP contribution in [-0.4, -0.2) is 130 Å². The van der Waals surface area contributed by atoms with Crippen LogP contribution < -0.4 is 5.32 Å². The highest BCUT2D eigenvalue weighted by molar-refractivity contribution is 5.87. The van der Waals surface area contributed by atoms with E-state index in [2.05, 4.69) is 32.4 Å². The summed E-state index contributed by atoms with van der Waals surface area (Å²) in [6, 6.07) is 13.8. The number of imidazole rings is 2. The second-order valence-electron chi connectivity index (χ2n) is 14.6. The Kier molecular flexibility index (Phi) is 12.6. The van der Waals surface area contributed by atoms with Gasteiger partial charge in [-0.2, -0.15) is 0 Å². The SMILES string of the molecule is COC(=O)N[C@H](C(=O)N1CCC[C@H]1c1nc(-c2ccc(-c3ccc(-c4cnc([C@@H]5CCCN5C(=O)[C@H]([C@@H](C)OC)N(C)C(=O)O)[nH]4)cc3)cc2)c(C)[nH]1)[C@@H](C)OC. The molecule has 2 saturated heterocycles. The van der Waals surface area contributed by atoms with Gasteiger partial charge in [0.1, 0.15) is 23.7 Å². The van der Waals surface area contributed by atoms with Gasteiger partial charge in [-0.1, -0.05) is 48.5 Å². The van der Waals surface area contributed by atoms with Gasteiger partial charge in [0.2, 0.25) is 11.8 Å². The van der Waals surface area contributed by atoms with Crippen LogP contribution in [0.15, 0.2) is 54.7 Å². The molecule has 2 aromatic heterocycles. The largest absolute Gasteiger partial charge is 0.465 e. The topological polar surface area (TPSA) is 195 Å². The van der Waals surface area contributed by atoms with Crippen LogP contribution in [0.4, 0.5) is 9.59 Å². The average molecular weight is 785 g/mol. The fourth-order valence-electron chi connectivity index (χ4n) is 7.85. The molecule has 0 saturated carbocycles. The normalized spacial score (nSPS) is 18.9. The van der Waals surface area contributed by atoms with Crippen molar-refractivity contribution in [3.63, 3.8) is 0 Å². The molecule has 57 heavy (non-hydrogen) atoms. The van der Waals surface area contributed by atoms with E-state index in [0.717, 1.165) is 63.5 Å². The molecule has 2 aliphatic heterocycles. The predicted molar refractivity (Wildman–Crippen MR) is 211 cm³/mol. The lowest BCUT2D eigenvalue weighted by Gasteiger charge is -2.34. The quantitative estimate of drug-likeness (QED) is 0.134. The molecular weight excluding hydrogens is 732 g/mol. The van der Waals surface area contributed by atoms with E-state index in [9.17, 15) is 24.3 Å². The molecule has 4 aromatic rings. The van der Waals surface area contributed by atoms with Crippen molar-refractivity contribution < 1.29 is 38.5 Å². The number of likely N-dealkylation sites (N-methyl/N-ethyl adjacent to an activating group) is 1. The number of rotatable bonds is 13. The summed E-state index contributed by atoms with van der Waals surface area (Å²) in [6.45, 7) is 6.43. The molecule has 4 N–H and O–H groups in total. The zero-order valence-electron chi connectivity index (χ0n) is 33.4. The average Bonchev–Trinajstić information content (AvgIpc) is 4.06. The molecule has 2 fully saturated rings. The summed E-state index contributed by atoms with van der Waals surface area (Å²) in [7, 11) is 5.60. The molecule has 0 radical (unpaired) electrons. The Labute approximate surface area is 331 Å². The van der Waals surface area contributed by atoms with E-state index >= 15 is 0 Å². The molecule has 0 unspecified atom stereocenters. The van der Waals surface area contributed by atoms with Crippen molar-refractivity contribution in [3.8, 4) is 33.6 Å². The highest BCUT2D eigenvalue weighted by Crippen LogP contribution is 2.36. The van der Waals surface area contributed by atoms with Crippen LogP contribution in [0.1, 0.15) is 69.0 Å². The summed E-state index contributed by atoms with van der Waals surface area (Å²) in [4.78, 5) is 72.1. The first-order chi connectivity index (χ1) is 27.4. The Balaban J connectivity index is 1.14. The Hall–Kier alpha value is -5.74. The van der Waals surface area contributed by atoms with Crippen LogP contribution in [0.5, 0.6) is 0 Å². The first kappa shape index (κ1) is 40.9. The minimum Gasteiger partial charge on any atom is -0.465 e. The van der Waals surface area contributed by atoms with Gasteiger partial charge in [0.05, 0.1) is 49.0 Å². The standard InChI is InChI=1S/C41H52N8O8/c1-23-33(45-37(43-23)32-11-9-20-48(32)38(50)34(24(2)55-5)46-40(52)57-7)29-18-14-27(15-19-29)26-12-16-28(17-13-26)30-22-42-36(44-30)31-10-8-21-49(31)39(51)35(25(3)56-6)47(4)41(53)54/h12-19,22,24-25,31-32,34-35H,8-11,20-21H2,1-7H3,(H,42,44)(H,43,45)(H,46,52)(H,53,54)/t24-,25-,31+,32+,34+,35+/m1/s1. The maximum absolute atomic E-state index is 13.7. The summed E-state index contributed by atoms with van der Waals surface area (Å²) in [5.74, 6) is 0.789. The molecule has 2 aliphatic rings. The van der Waals surface area contributed by atoms with Gasteiger partial charge < -0.3 is 44.4 Å². The Morgan fingerprint density at radius 2 is 1.35 bits per heavy atom. The Morgan fingerprint density at radius 3 is 1.91 bits per heavy atom. The van der Waals surface area contributed by atoms with Gasteiger partial charge in [-0.05, 0) is 63.1 Å². The molecular formula is C41H52N8O8. The van der Waals surface area contributed by atoms with Gasteiger partial charge in [0.15, 0.2) is 0 Å². The van der Waals surface area contributed by atoms with E-state index in [4.69, 9.17) is 19.2 Å². The van der Waals surface area contributed by atoms with Crippen LogP contribution in [0.2, 0.25) is 0 Å². The molecule has 0 spiro atoms. The van der Waals surface area contributed by atoms with E-state index in [1.807, 2.05) is 43.3 Å². The lowest BCUT2D eigenvalue weighted by Crippen LogP contribution is -2.54. The summed E-state index contributed by atoms with van der Waals surface area (Å²) < 4.78 is 15.5. The lowest BCUT2D eigenvalue weighted by molar-refractivity contribution is -0.141. The number of likely N-dealkylation sites (tertiary alicyclic amines) is 2. The number of aromatic amines is 2. The van der Waals surface area contributed by atoms with Gasteiger partial charge >= 0.3 is 12.2 Å². The first-order valence-electron chi connectivity index (χ1n) is 19.2.